The van der Waals surface area contributed by atoms with E-state index in [2.05, 4.69) is 50.3 Å². The van der Waals surface area contributed by atoms with Crippen LogP contribution < -0.4 is 0 Å². The van der Waals surface area contributed by atoms with Crippen LogP contribution in [0.15, 0.2) is 35.5 Å². The molecule has 0 aromatic rings. The maximum absolute atomic E-state index is 3.12. The summed E-state index contributed by atoms with van der Waals surface area (Å²) in [6.45, 7) is 4.12. The average Bonchev–Trinajstić information content (AvgIpc) is 2.63. The molecular weight excluding hydrogens is 275 g/mol. The van der Waals surface area contributed by atoms with Crippen LogP contribution in [0, 0.1) is 12.2 Å². The monoisotopic (exact) mass is 294 g/mol. The second-order valence-corrected chi connectivity index (χ2v) is 2.93. The Kier molecular flexibility index (Phi) is 24.0. The van der Waals surface area contributed by atoms with E-state index < -0.39 is 0 Å². The summed E-state index contributed by atoms with van der Waals surface area (Å²) in [6.07, 6.45) is 16.7. The molecule has 0 spiro atoms. The van der Waals surface area contributed by atoms with Gasteiger partial charge in [0.05, 0.1) is 0 Å². The summed E-state index contributed by atoms with van der Waals surface area (Å²) >= 11 is 0. The van der Waals surface area contributed by atoms with Gasteiger partial charge in [0.2, 0.25) is 0 Å². The molecule has 0 aliphatic heterocycles. The molecule has 2 rings (SSSR count). The fourth-order valence-corrected chi connectivity index (χ4v) is 1.03. The molecule has 0 unspecified atom stereocenters. The van der Waals surface area contributed by atoms with E-state index in [0.717, 1.165) is 12.8 Å². The second-order valence-electron chi connectivity index (χ2n) is 2.93. The number of hydrogen-bond donors (Lipinski definition) is 0. The normalized spacial score (nSPS) is 13.9. The molecule has 0 saturated heterocycles. The van der Waals surface area contributed by atoms with Gasteiger partial charge in [-0.15, -0.1) is 37.7 Å². The summed E-state index contributed by atoms with van der Waals surface area (Å²) in [5.74, 6) is 0. The van der Waals surface area contributed by atoms with Crippen molar-refractivity contribution in [2.45, 2.75) is 34.1 Å². The molecule has 2 aliphatic carbocycles. The molecule has 0 N–H and O–H groups in total. The maximum atomic E-state index is 3.12. The van der Waals surface area contributed by atoms with Crippen LogP contribution in [0.2, 0.25) is 0 Å². The summed E-state index contributed by atoms with van der Waals surface area (Å²) in [7, 11) is 0. The van der Waals surface area contributed by atoms with Gasteiger partial charge < -0.3 is 0 Å². The molecule has 0 bridgehead atoms. The van der Waals surface area contributed by atoms with Crippen molar-refractivity contribution in [3.8, 4) is 0 Å². The van der Waals surface area contributed by atoms with Crippen LogP contribution in [0.5, 0.6) is 0 Å². The quantitative estimate of drug-likeness (QED) is 0.442. The van der Waals surface area contributed by atoms with E-state index in [4.69, 9.17) is 0 Å². The van der Waals surface area contributed by atoms with E-state index in [1.165, 1.54) is 11.1 Å². The van der Waals surface area contributed by atoms with Gasteiger partial charge in [-0.05, 0) is 0 Å². The van der Waals surface area contributed by atoms with Gasteiger partial charge in [-0.1, -0.05) is 21.3 Å². The fraction of sp³-hybridized carbons (Fsp3) is 0.385. The third kappa shape index (κ3) is 12.3. The number of allylic oxidation sites excluding steroid dienone is 8. The SMILES string of the molecule is C.CC1=[C-]CC=C1.CC1=[C-]CC=C1.Cl.Cl.[Ti+2]. The average molecular weight is 295 g/mol. The van der Waals surface area contributed by atoms with Crippen LogP contribution in [-0.2, 0) is 21.7 Å². The Morgan fingerprint density at radius 1 is 0.875 bits per heavy atom. The molecule has 0 aromatic carbocycles. The molecule has 0 saturated carbocycles. The Balaban J connectivity index is -0.0000000720. The molecule has 0 nitrogen and oxygen atoms in total. The zero-order chi connectivity index (χ0) is 8.81. The van der Waals surface area contributed by atoms with Crippen LogP contribution in [0.4, 0.5) is 0 Å². The van der Waals surface area contributed by atoms with E-state index in [-0.39, 0.29) is 54.0 Å². The minimum atomic E-state index is 0. The largest absolute Gasteiger partial charge is 2.00 e. The van der Waals surface area contributed by atoms with Crippen LogP contribution in [0.1, 0.15) is 34.1 Å². The first kappa shape index (κ1) is 25.2. The van der Waals surface area contributed by atoms with Crippen molar-refractivity contribution < 1.29 is 21.7 Å². The summed E-state index contributed by atoms with van der Waals surface area (Å²) < 4.78 is 0. The van der Waals surface area contributed by atoms with Crippen molar-refractivity contribution in [1.82, 2.24) is 0 Å². The summed E-state index contributed by atoms with van der Waals surface area (Å²) in [4.78, 5) is 0. The van der Waals surface area contributed by atoms with Gasteiger partial charge in [0.15, 0.2) is 0 Å². The molecule has 0 fully saturated rings. The van der Waals surface area contributed by atoms with Crippen molar-refractivity contribution >= 4 is 24.8 Å². The number of halogens is 2. The molecule has 90 valence electrons. The van der Waals surface area contributed by atoms with Gasteiger partial charge >= 0.3 is 21.7 Å². The van der Waals surface area contributed by atoms with Crippen molar-refractivity contribution in [2.75, 3.05) is 0 Å². The van der Waals surface area contributed by atoms with E-state index in [9.17, 15) is 0 Å². The van der Waals surface area contributed by atoms with Gasteiger partial charge in [-0.3, -0.25) is 12.2 Å². The van der Waals surface area contributed by atoms with Gasteiger partial charge in [-0.25, -0.2) is 23.3 Å². The van der Waals surface area contributed by atoms with Gasteiger partial charge in [0.25, 0.3) is 0 Å². The molecule has 0 amide bonds. The topological polar surface area (TPSA) is 0 Å². The standard InChI is InChI=1S/2C6H7.CH4.2ClH.Ti/c2*1-6-4-2-3-5-6;;;;/h2*2,4H,3H2,1H3;1H4;2*1H;/q2*-1;;;;+2. The van der Waals surface area contributed by atoms with Gasteiger partial charge in [0, 0.05) is 0 Å². The predicted molar refractivity (Wildman–Crippen MR) is 73.6 cm³/mol. The number of hydrogen-bond acceptors (Lipinski definition) is 0. The minimum Gasteiger partial charge on any atom is -0.270 e. The van der Waals surface area contributed by atoms with Crippen LogP contribution in [0.3, 0.4) is 0 Å². The van der Waals surface area contributed by atoms with Crippen LogP contribution >= 0.6 is 24.8 Å². The summed E-state index contributed by atoms with van der Waals surface area (Å²) in [5, 5.41) is 0. The smallest absolute Gasteiger partial charge is 0.270 e. The molecule has 0 aromatic heterocycles. The van der Waals surface area contributed by atoms with Gasteiger partial charge in [0.1, 0.15) is 0 Å². The Bertz CT molecular complexity index is 230. The van der Waals surface area contributed by atoms with Crippen molar-refractivity contribution in [1.29, 1.82) is 0 Å². The summed E-state index contributed by atoms with van der Waals surface area (Å²) in [6, 6.07) is 0. The Labute approximate surface area is 128 Å². The zero-order valence-electron chi connectivity index (χ0n) is 9.04. The van der Waals surface area contributed by atoms with E-state index >= 15 is 0 Å². The third-order valence-corrected chi connectivity index (χ3v) is 1.73. The Hall–Kier alpha value is 0.254. The van der Waals surface area contributed by atoms with Crippen LogP contribution in [-0.4, -0.2) is 0 Å². The number of rotatable bonds is 0. The van der Waals surface area contributed by atoms with Crippen LogP contribution in [0.25, 0.3) is 0 Å². The summed E-state index contributed by atoms with van der Waals surface area (Å²) in [5.41, 5.74) is 2.55. The molecule has 0 radical (unpaired) electrons. The maximum Gasteiger partial charge on any atom is 2.00 e. The van der Waals surface area contributed by atoms with Gasteiger partial charge in [-0.2, -0.15) is 12.2 Å². The van der Waals surface area contributed by atoms with Crippen molar-refractivity contribution in [3.05, 3.63) is 47.6 Å². The molecule has 0 atom stereocenters. The molecule has 2 aliphatic rings. The molecule has 3 heteroatoms. The minimum absolute atomic E-state index is 0. The van der Waals surface area contributed by atoms with Crippen molar-refractivity contribution in [2.24, 2.45) is 0 Å². The van der Waals surface area contributed by atoms with E-state index in [1.807, 2.05) is 0 Å². The first-order chi connectivity index (χ1) is 5.79. The van der Waals surface area contributed by atoms with E-state index in [0.29, 0.717) is 0 Å². The molecular formula is C13H20Cl2Ti. The predicted octanol–water partition coefficient (Wildman–Crippen LogP) is 4.87. The Morgan fingerprint density at radius 2 is 1.19 bits per heavy atom. The zero-order valence-corrected chi connectivity index (χ0v) is 12.2. The first-order valence-corrected chi connectivity index (χ1v) is 4.27. The van der Waals surface area contributed by atoms with Crippen molar-refractivity contribution in [3.63, 3.8) is 0 Å². The van der Waals surface area contributed by atoms with E-state index in [1.54, 1.807) is 0 Å². The molecule has 0 heterocycles. The molecule has 16 heavy (non-hydrogen) atoms. The fourth-order valence-electron chi connectivity index (χ4n) is 1.03. The third-order valence-electron chi connectivity index (χ3n) is 1.73. The second kappa shape index (κ2) is 15.3. The first-order valence-electron chi connectivity index (χ1n) is 4.27. The Morgan fingerprint density at radius 3 is 1.25 bits per heavy atom.